The SMILES string of the molecule is CC(N)CC(C)Nc1ncc(I)cn1. The molecular weight excluding hydrogens is 291 g/mol. The molecule has 4 nitrogen and oxygen atoms in total. The minimum atomic E-state index is 0.196. The molecule has 14 heavy (non-hydrogen) atoms. The molecule has 1 heterocycles. The average Bonchev–Trinajstić information content (AvgIpc) is 2.07. The molecule has 0 aromatic carbocycles. The average molecular weight is 306 g/mol. The van der Waals surface area contributed by atoms with E-state index in [1.165, 1.54) is 0 Å². The smallest absolute Gasteiger partial charge is 0.222 e. The van der Waals surface area contributed by atoms with E-state index in [-0.39, 0.29) is 6.04 Å². The summed E-state index contributed by atoms with van der Waals surface area (Å²) < 4.78 is 1.04. The number of nitrogens with one attached hydrogen (secondary N) is 1. The second kappa shape index (κ2) is 5.45. The Morgan fingerprint density at radius 2 is 2.00 bits per heavy atom. The number of nitrogens with two attached hydrogens (primary N) is 1. The Labute approximate surface area is 97.8 Å². The zero-order chi connectivity index (χ0) is 10.6. The third-order valence-corrected chi connectivity index (χ3v) is 2.28. The summed E-state index contributed by atoms with van der Waals surface area (Å²) >= 11 is 2.18. The molecule has 2 atom stereocenters. The van der Waals surface area contributed by atoms with Gasteiger partial charge in [-0.05, 0) is 42.9 Å². The Kier molecular flexibility index (Phi) is 4.53. The van der Waals surface area contributed by atoms with Gasteiger partial charge >= 0.3 is 0 Å². The van der Waals surface area contributed by atoms with Gasteiger partial charge in [0, 0.05) is 28.0 Å². The molecule has 0 spiro atoms. The molecule has 0 saturated carbocycles. The lowest BCUT2D eigenvalue weighted by Crippen LogP contribution is -2.26. The highest BCUT2D eigenvalue weighted by molar-refractivity contribution is 14.1. The maximum Gasteiger partial charge on any atom is 0.222 e. The Morgan fingerprint density at radius 3 is 2.50 bits per heavy atom. The van der Waals surface area contributed by atoms with Gasteiger partial charge in [0.2, 0.25) is 5.95 Å². The van der Waals surface area contributed by atoms with Gasteiger partial charge in [0.25, 0.3) is 0 Å². The van der Waals surface area contributed by atoms with Crippen LogP contribution in [0.2, 0.25) is 0 Å². The van der Waals surface area contributed by atoms with Crippen LogP contribution in [-0.4, -0.2) is 22.1 Å². The zero-order valence-electron chi connectivity index (χ0n) is 8.37. The molecule has 0 bridgehead atoms. The van der Waals surface area contributed by atoms with E-state index in [0.717, 1.165) is 9.99 Å². The first-order valence-corrected chi connectivity index (χ1v) is 5.65. The monoisotopic (exact) mass is 306 g/mol. The molecule has 1 aromatic heterocycles. The third kappa shape index (κ3) is 4.19. The lowest BCUT2D eigenvalue weighted by Gasteiger charge is -2.15. The number of halogens is 1. The van der Waals surface area contributed by atoms with Gasteiger partial charge in [0.05, 0.1) is 0 Å². The minimum Gasteiger partial charge on any atom is -0.352 e. The molecule has 0 aliphatic rings. The van der Waals surface area contributed by atoms with Crippen molar-refractivity contribution < 1.29 is 0 Å². The first-order chi connectivity index (χ1) is 6.58. The van der Waals surface area contributed by atoms with Crippen molar-refractivity contribution in [2.75, 3.05) is 5.32 Å². The molecule has 1 rings (SSSR count). The Hall–Kier alpha value is -0.430. The molecule has 0 radical (unpaired) electrons. The van der Waals surface area contributed by atoms with Crippen LogP contribution in [0.4, 0.5) is 5.95 Å². The molecule has 3 N–H and O–H groups in total. The summed E-state index contributed by atoms with van der Waals surface area (Å²) in [6.07, 6.45) is 4.48. The van der Waals surface area contributed by atoms with Crippen molar-refractivity contribution in [2.45, 2.75) is 32.4 Å². The second-order valence-electron chi connectivity index (χ2n) is 3.48. The van der Waals surface area contributed by atoms with Crippen molar-refractivity contribution in [3.8, 4) is 0 Å². The Morgan fingerprint density at radius 1 is 1.43 bits per heavy atom. The van der Waals surface area contributed by atoms with E-state index < -0.39 is 0 Å². The topological polar surface area (TPSA) is 63.8 Å². The number of rotatable bonds is 4. The van der Waals surface area contributed by atoms with Crippen molar-refractivity contribution in [2.24, 2.45) is 5.73 Å². The molecule has 0 fully saturated rings. The fourth-order valence-corrected chi connectivity index (χ4v) is 1.50. The van der Waals surface area contributed by atoms with Crippen LogP contribution in [0.5, 0.6) is 0 Å². The molecule has 0 saturated heterocycles. The summed E-state index contributed by atoms with van der Waals surface area (Å²) in [5.41, 5.74) is 5.69. The largest absolute Gasteiger partial charge is 0.352 e. The number of aromatic nitrogens is 2. The predicted octanol–water partition coefficient (Wildman–Crippen LogP) is 1.62. The van der Waals surface area contributed by atoms with Gasteiger partial charge in [-0.25, -0.2) is 9.97 Å². The highest BCUT2D eigenvalue weighted by atomic mass is 127. The van der Waals surface area contributed by atoms with Gasteiger partial charge in [0.15, 0.2) is 0 Å². The van der Waals surface area contributed by atoms with Crippen LogP contribution >= 0.6 is 22.6 Å². The molecule has 0 amide bonds. The maximum absolute atomic E-state index is 5.69. The summed E-state index contributed by atoms with van der Waals surface area (Å²) in [6, 6.07) is 0.497. The van der Waals surface area contributed by atoms with E-state index in [0.29, 0.717) is 12.0 Å². The van der Waals surface area contributed by atoms with Gasteiger partial charge in [0.1, 0.15) is 0 Å². The van der Waals surface area contributed by atoms with Crippen molar-refractivity contribution >= 4 is 28.5 Å². The van der Waals surface area contributed by atoms with Crippen LogP contribution in [0.1, 0.15) is 20.3 Å². The fourth-order valence-electron chi connectivity index (χ4n) is 1.22. The quantitative estimate of drug-likeness (QED) is 0.830. The first kappa shape index (κ1) is 11.6. The summed E-state index contributed by atoms with van der Waals surface area (Å²) in [5.74, 6) is 0.665. The molecule has 5 heteroatoms. The van der Waals surface area contributed by atoms with Gasteiger partial charge in [-0.3, -0.25) is 0 Å². The second-order valence-corrected chi connectivity index (χ2v) is 4.73. The molecule has 0 aliphatic heterocycles. The van der Waals surface area contributed by atoms with Crippen LogP contribution < -0.4 is 11.1 Å². The van der Waals surface area contributed by atoms with E-state index in [2.05, 4.69) is 44.8 Å². The highest BCUT2D eigenvalue weighted by Crippen LogP contribution is 2.06. The summed E-state index contributed by atoms with van der Waals surface area (Å²) in [7, 11) is 0. The van der Waals surface area contributed by atoms with E-state index in [4.69, 9.17) is 5.73 Å². The van der Waals surface area contributed by atoms with Crippen molar-refractivity contribution in [3.63, 3.8) is 0 Å². The zero-order valence-corrected chi connectivity index (χ0v) is 10.5. The van der Waals surface area contributed by atoms with Crippen LogP contribution in [-0.2, 0) is 0 Å². The maximum atomic E-state index is 5.69. The number of anilines is 1. The fraction of sp³-hybridized carbons (Fsp3) is 0.556. The van der Waals surface area contributed by atoms with Gasteiger partial charge in [-0.15, -0.1) is 0 Å². The third-order valence-electron chi connectivity index (χ3n) is 1.72. The predicted molar refractivity (Wildman–Crippen MR) is 66.1 cm³/mol. The molecule has 2 unspecified atom stereocenters. The van der Waals surface area contributed by atoms with E-state index >= 15 is 0 Å². The van der Waals surface area contributed by atoms with Gasteiger partial charge in [-0.1, -0.05) is 0 Å². The summed E-state index contributed by atoms with van der Waals surface area (Å²) in [5, 5.41) is 3.19. The molecular formula is C9H15IN4. The Balaban J connectivity index is 2.47. The van der Waals surface area contributed by atoms with Crippen LogP contribution in [0.3, 0.4) is 0 Å². The molecule has 1 aromatic rings. The van der Waals surface area contributed by atoms with E-state index in [1.807, 2.05) is 6.92 Å². The lowest BCUT2D eigenvalue weighted by atomic mass is 10.1. The highest BCUT2D eigenvalue weighted by Gasteiger charge is 2.05. The van der Waals surface area contributed by atoms with Crippen LogP contribution in [0.25, 0.3) is 0 Å². The van der Waals surface area contributed by atoms with Crippen molar-refractivity contribution in [3.05, 3.63) is 16.0 Å². The summed E-state index contributed by atoms with van der Waals surface area (Å²) in [6.45, 7) is 4.07. The molecule has 78 valence electrons. The van der Waals surface area contributed by atoms with Gasteiger partial charge < -0.3 is 11.1 Å². The van der Waals surface area contributed by atoms with E-state index in [1.54, 1.807) is 12.4 Å². The molecule has 0 aliphatic carbocycles. The van der Waals surface area contributed by atoms with Crippen molar-refractivity contribution in [1.29, 1.82) is 0 Å². The van der Waals surface area contributed by atoms with E-state index in [9.17, 15) is 0 Å². The minimum absolute atomic E-state index is 0.196. The summed E-state index contributed by atoms with van der Waals surface area (Å²) in [4.78, 5) is 8.31. The number of nitrogens with zero attached hydrogens (tertiary/aromatic N) is 2. The van der Waals surface area contributed by atoms with Crippen LogP contribution in [0, 0.1) is 3.57 Å². The lowest BCUT2D eigenvalue weighted by molar-refractivity contribution is 0.601. The number of hydrogen-bond acceptors (Lipinski definition) is 4. The van der Waals surface area contributed by atoms with Crippen molar-refractivity contribution in [1.82, 2.24) is 9.97 Å². The van der Waals surface area contributed by atoms with Gasteiger partial charge in [-0.2, -0.15) is 0 Å². The van der Waals surface area contributed by atoms with Crippen LogP contribution in [0.15, 0.2) is 12.4 Å². The normalized spacial score (nSPS) is 14.9. The standard InChI is InChI=1S/C9H15IN4/c1-6(11)3-7(2)14-9-12-4-8(10)5-13-9/h4-7H,3,11H2,1-2H3,(H,12,13,14). The number of hydrogen-bond donors (Lipinski definition) is 2. The first-order valence-electron chi connectivity index (χ1n) is 4.57. The Bertz CT molecular complexity index is 273.